The number of benzene rings is 1. The van der Waals surface area contributed by atoms with Gasteiger partial charge in [-0.15, -0.1) is 0 Å². The van der Waals surface area contributed by atoms with Gasteiger partial charge >= 0.3 is 0 Å². The largest absolute Gasteiger partial charge is 0.486 e. The van der Waals surface area contributed by atoms with Crippen molar-refractivity contribution in [3.8, 4) is 11.5 Å². The van der Waals surface area contributed by atoms with Crippen LogP contribution in [0.25, 0.3) is 0 Å². The highest BCUT2D eigenvalue weighted by Gasteiger charge is 2.27. The van der Waals surface area contributed by atoms with Crippen LogP contribution >= 0.6 is 0 Å². The Morgan fingerprint density at radius 1 is 1.38 bits per heavy atom. The second kappa shape index (κ2) is 4.31. The van der Waals surface area contributed by atoms with Gasteiger partial charge in [0.05, 0.1) is 0 Å². The number of hydrogen-bond acceptors (Lipinski definition) is 4. The number of hydrogen-bond donors (Lipinski definition) is 2. The van der Waals surface area contributed by atoms with Crippen molar-refractivity contribution in [2.45, 2.75) is 26.1 Å². The summed E-state index contributed by atoms with van der Waals surface area (Å²) in [5.41, 5.74) is 7.70. The summed E-state index contributed by atoms with van der Waals surface area (Å²) in [6.45, 7) is 4.56. The second-order valence-corrected chi connectivity index (χ2v) is 4.15. The van der Waals surface area contributed by atoms with Crippen molar-refractivity contribution < 1.29 is 14.6 Å². The molecule has 2 atom stereocenters. The Hall–Kier alpha value is -1.26. The average Bonchev–Trinajstić information content (AvgIpc) is 2.29. The van der Waals surface area contributed by atoms with E-state index in [1.165, 1.54) is 5.56 Å². The summed E-state index contributed by atoms with van der Waals surface area (Å²) in [4.78, 5) is 0. The van der Waals surface area contributed by atoms with E-state index < -0.39 is 6.10 Å². The molecule has 1 aliphatic rings. The highest BCUT2D eigenvalue weighted by molar-refractivity contribution is 5.47. The summed E-state index contributed by atoms with van der Waals surface area (Å²) in [7, 11) is 0. The first-order valence-corrected chi connectivity index (χ1v) is 5.40. The minimum Gasteiger partial charge on any atom is -0.486 e. The first-order chi connectivity index (χ1) is 7.61. The summed E-state index contributed by atoms with van der Waals surface area (Å²) in [6, 6.07) is 3.88. The van der Waals surface area contributed by atoms with Crippen LogP contribution in [-0.2, 0) is 0 Å². The first-order valence-electron chi connectivity index (χ1n) is 5.40. The molecular weight excluding hydrogens is 206 g/mol. The van der Waals surface area contributed by atoms with E-state index in [0.29, 0.717) is 12.4 Å². The third-order valence-corrected chi connectivity index (χ3v) is 2.91. The zero-order chi connectivity index (χ0) is 11.7. The van der Waals surface area contributed by atoms with Crippen molar-refractivity contribution >= 4 is 0 Å². The number of fused-ring (bicyclic) bond motifs is 1. The number of ether oxygens (including phenoxy) is 2. The van der Waals surface area contributed by atoms with Crippen molar-refractivity contribution in [1.29, 1.82) is 0 Å². The van der Waals surface area contributed by atoms with Crippen LogP contribution in [0.3, 0.4) is 0 Å². The van der Waals surface area contributed by atoms with Gasteiger partial charge in [-0.3, -0.25) is 0 Å². The highest BCUT2D eigenvalue weighted by atomic mass is 16.6. The van der Waals surface area contributed by atoms with E-state index in [-0.39, 0.29) is 12.6 Å². The SMILES string of the molecule is Cc1cc2c(cc1C)OC(C(O)CN)CO2. The molecule has 1 aliphatic heterocycles. The van der Waals surface area contributed by atoms with E-state index in [4.69, 9.17) is 15.2 Å². The Bertz CT molecular complexity index is 392. The Balaban J connectivity index is 2.23. The van der Waals surface area contributed by atoms with Gasteiger partial charge in [-0.25, -0.2) is 0 Å². The van der Waals surface area contributed by atoms with Crippen molar-refractivity contribution in [3.63, 3.8) is 0 Å². The minimum atomic E-state index is -0.685. The molecule has 0 saturated carbocycles. The molecule has 88 valence electrons. The third kappa shape index (κ3) is 1.99. The standard InChI is InChI=1S/C12H17NO3/c1-7-3-10-11(4-8(7)2)16-12(6-15-10)9(14)5-13/h3-4,9,12,14H,5-6,13H2,1-2H3. The Morgan fingerprint density at radius 3 is 2.62 bits per heavy atom. The zero-order valence-electron chi connectivity index (χ0n) is 9.56. The fourth-order valence-corrected chi connectivity index (χ4v) is 1.68. The normalized spacial score (nSPS) is 20.6. The highest BCUT2D eigenvalue weighted by Crippen LogP contribution is 2.34. The molecule has 2 rings (SSSR count). The monoisotopic (exact) mass is 223 g/mol. The lowest BCUT2D eigenvalue weighted by atomic mass is 10.1. The lowest BCUT2D eigenvalue weighted by molar-refractivity contribution is -0.00539. The van der Waals surface area contributed by atoms with Crippen LogP contribution in [0.1, 0.15) is 11.1 Å². The summed E-state index contributed by atoms with van der Waals surface area (Å²) in [6.07, 6.45) is -1.06. The molecule has 1 aromatic rings. The molecule has 4 nitrogen and oxygen atoms in total. The lowest BCUT2D eigenvalue weighted by Gasteiger charge is -2.29. The first kappa shape index (κ1) is 11.2. The van der Waals surface area contributed by atoms with E-state index in [1.807, 2.05) is 26.0 Å². The zero-order valence-corrected chi connectivity index (χ0v) is 9.56. The average molecular weight is 223 g/mol. The fraction of sp³-hybridized carbons (Fsp3) is 0.500. The van der Waals surface area contributed by atoms with Crippen LogP contribution in [0.4, 0.5) is 0 Å². The van der Waals surface area contributed by atoms with E-state index in [1.54, 1.807) is 0 Å². The summed E-state index contributed by atoms with van der Waals surface area (Å²) < 4.78 is 11.2. The molecule has 4 heteroatoms. The van der Waals surface area contributed by atoms with Crippen LogP contribution in [0, 0.1) is 13.8 Å². The summed E-state index contributed by atoms with van der Waals surface area (Å²) in [5.74, 6) is 1.43. The van der Waals surface area contributed by atoms with E-state index in [9.17, 15) is 5.11 Å². The van der Waals surface area contributed by atoms with Gasteiger partial charge in [-0.2, -0.15) is 0 Å². The molecule has 0 amide bonds. The predicted octanol–water partition coefficient (Wildman–Crippen LogP) is 0.763. The number of aliphatic hydroxyl groups excluding tert-OH is 1. The number of nitrogens with two attached hydrogens (primary N) is 1. The van der Waals surface area contributed by atoms with Crippen LogP contribution in [0.15, 0.2) is 12.1 Å². The Morgan fingerprint density at radius 2 is 2.00 bits per heavy atom. The topological polar surface area (TPSA) is 64.7 Å². The summed E-state index contributed by atoms with van der Waals surface area (Å²) in [5, 5.41) is 9.60. The molecule has 0 bridgehead atoms. The molecule has 3 N–H and O–H groups in total. The van der Waals surface area contributed by atoms with E-state index in [0.717, 1.165) is 11.3 Å². The van der Waals surface area contributed by atoms with Gasteiger partial charge in [0.2, 0.25) is 0 Å². The van der Waals surface area contributed by atoms with Gasteiger partial charge in [0.15, 0.2) is 17.6 Å². The van der Waals surface area contributed by atoms with E-state index in [2.05, 4.69) is 0 Å². The van der Waals surface area contributed by atoms with Gasteiger partial charge < -0.3 is 20.3 Å². The lowest BCUT2D eigenvalue weighted by Crippen LogP contribution is -2.43. The molecule has 0 aliphatic carbocycles. The van der Waals surface area contributed by atoms with Gasteiger partial charge in [-0.1, -0.05) is 0 Å². The van der Waals surface area contributed by atoms with Crippen LogP contribution in [0.5, 0.6) is 11.5 Å². The molecule has 0 fully saturated rings. The molecule has 2 unspecified atom stereocenters. The molecule has 0 aromatic heterocycles. The number of rotatable bonds is 2. The van der Waals surface area contributed by atoms with Gasteiger partial charge in [-0.05, 0) is 37.1 Å². The van der Waals surface area contributed by atoms with Gasteiger partial charge in [0.1, 0.15) is 12.7 Å². The van der Waals surface area contributed by atoms with Crippen LogP contribution in [0.2, 0.25) is 0 Å². The van der Waals surface area contributed by atoms with Crippen molar-refractivity contribution in [1.82, 2.24) is 0 Å². The summed E-state index contributed by atoms with van der Waals surface area (Å²) >= 11 is 0. The quantitative estimate of drug-likeness (QED) is 0.777. The Labute approximate surface area is 95.0 Å². The molecular formula is C12H17NO3. The minimum absolute atomic E-state index is 0.175. The maximum atomic E-state index is 9.60. The molecule has 1 heterocycles. The predicted molar refractivity (Wildman–Crippen MR) is 60.9 cm³/mol. The van der Waals surface area contributed by atoms with Crippen molar-refractivity contribution in [2.75, 3.05) is 13.2 Å². The maximum Gasteiger partial charge on any atom is 0.162 e. The van der Waals surface area contributed by atoms with Gasteiger partial charge in [0, 0.05) is 6.54 Å². The molecule has 0 spiro atoms. The molecule has 16 heavy (non-hydrogen) atoms. The second-order valence-electron chi connectivity index (χ2n) is 4.15. The van der Waals surface area contributed by atoms with Gasteiger partial charge in [0.25, 0.3) is 0 Å². The van der Waals surface area contributed by atoms with Crippen LogP contribution in [-0.4, -0.2) is 30.5 Å². The molecule has 0 radical (unpaired) electrons. The third-order valence-electron chi connectivity index (χ3n) is 2.91. The van der Waals surface area contributed by atoms with Crippen molar-refractivity contribution in [3.05, 3.63) is 23.3 Å². The Kier molecular flexibility index (Phi) is 3.03. The fourth-order valence-electron chi connectivity index (χ4n) is 1.68. The maximum absolute atomic E-state index is 9.60. The van der Waals surface area contributed by atoms with E-state index >= 15 is 0 Å². The molecule has 0 saturated heterocycles. The number of aliphatic hydroxyl groups is 1. The molecule has 1 aromatic carbocycles. The van der Waals surface area contributed by atoms with Crippen molar-refractivity contribution in [2.24, 2.45) is 5.73 Å². The number of aryl methyl sites for hydroxylation is 2. The van der Waals surface area contributed by atoms with Crippen LogP contribution < -0.4 is 15.2 Å². The smallest absolute Gasteiger partial charge is 0.162 e.